The van der Waals surface area contributed by atoms with E-state index >= 15 is 0 Å². The number of nitrogens with zero attached hydrogens (tertiary/aromatic N) is 3. The van der Waals surface area contributed by atoms with Crippen LogP contribution in [0.15, 0.2) is 78.9 Å². The van der Waals surface area contributed by atoms with Gasteiger partial charge in [0.1, 0.15) is 5.75 Å². The molecular weight excluding hydrogens is 446 g/mol. The SMILES string of the molecule is COc1ccc2c(c1)c1c(n2Cc2ccccc2)CCCC1C(=O)N1CCN(c2ccccc2)CC1. The summed E-state index contributed by atoms with van der Waals surface area (Å²) in [5.74, 6) is 1.03. The molecule has 184 valence electrons. The Morgan fingerprint density at radius 1 is 0.917 bits per heavy atom. The van der Waals surface area contributed by atoms with Crippen LogP contribution < -0.4 is 9.64 Å². The van der Waals surface area contributed by atoms with E-state index in [1.165, 1.54) is 33.4 Å². The maximum Gasteiger partial charge on any atom is 0.230 e. The number of hydrogen-bond donors (Lipinski definition) is 0. The Bertz CT molecular complexity index is 1360. The number of amides is 1. The summed E-state index contributed by atoms with van der Waals surface area (Å²) in [6.45, 7) is 4.10. The lowest BCUT2D eigenvalue weighted by Gasteiger charge is -2.38. The van der Waals surface area contributed by atoms with Gasteiger partial charge in [-0.3, -0.25) is 4.79 Å². The molecule has 0 bridgehead atoms. The van der Waals surface area contributed by atoms with Gasteiger partial charge in [0.25, 0.3) is 0 Å². The highest BCUT2D eigenvalue weighted by molar-refractivity contribution is 5.95. The van der Waals surface area contributed by atoms with Crippen molar-refractivity contribution in [2.24, 2.45) is 0 Å². The first-order valence-electron chi connectivity index (χ1n) is 13.0. The molecule has 1 atom stereocenters. The highest BCUT2D eigenvalue weighted by Gasteiger charge is 2.35. The van der Waals surface area contributed by atoms with E-state index in [0.29, 0.717) is 0 Å². The van der Waals surface area contributed by atoms with Gasteiger partial charge in [0.05, 0.1) is 13.0 Å². The fourth-order valence-electron chi connectivity index (χ4n) is 6.05. The smallest absolute Gasteiger partial charge is 0.230 e. The Morgan fingerprint density at radius 3 is 2.36 bits per heavy atom. The summed E-state index contributed by atoms with van der Waals surface area (Å²) in [5, 5.41) is 1.17. The van der Waals surface area contributed by atoms with Gasteiger partial charge >= 0.3 is 0 Å². The van der Waals surface area contributed by atoms with E-state index in [1.807, 2.05) is 12.1 Å². The largest absolute Gasteiger partial charge is 0.497 e. The lowest BCUT2D eigenvalue weighted by molar-refractivity contribution is -0.133. The number of para-hydroxylation sites is 1. The second-order valence-electron chi connectivity index (χ2n) is 9.91. The van der Waals surface area contributed by atoms with Crippen LogP contribution in [0.4, 0.5) is 5.69 Å². The molecule has 0 N–H and O–H groups in total. The van der Waals surface area contributed by atoms with Gasteiger partial charge in [-0.2, -0.15) is 0 Å². The standard InChI is InChI=1S/C31H33N3O2/c1-36-25-15-16-28-27(21-25)30-26(13-8-14-29(30)34(28)22-23-9-4-2-5-10-23)31(35)33-19-17-32(18-20-33)24-11-6-3-7-12-24/h2-7,9-12,15-16,21,26H,8,13-14,17-20,22H2,1H3. The normalized spacial score (nSPS) is 17.8. The van der Waals surface area contributed by atoms with Gasteiger partial charge in [0.15, 0.2) is 0 Å². The molecule has 1 amide bonds. The molecule has 36 heavy (non-hydrogen) atoms. The van der Waals surface area contributed by atoms with Gasteiger partial charge in [-0.05, 0) is 60.7 Å². The van der Waals surface area contributed by atoms with Crippen molar-refractivity contribution >= 4 is 22.5 Å². The zero-order valence-electron chi connectivity index (χ0n) is 20.9. The number of fused-ring (bicyclic) bond motifs is 3. The third kappa shape index (κ3) is 4.13. The number of anilines is 1. The molecule has 1 aromatic heterocycles. The second kappa shape index (κ2) is 9.73. The van der Waals surface area contributed by atoms with E-state index in [-0.39, 0.29) is 11.8 Å². The molecular formula is C31H33N3O2. The predicted octanol–water partition coefficient (Wildman–Crippen LogP) is 5.47. The Kier molecular flexibility index (Phi) is 6.14. The Labute approximate surface area is 212 Å². The van der Waals surface area contributed by atoms with E-state index in [4.69, 9.17) is 4.74 Å². The van der Waals surface area contributed by atoms with Gasteiger partial charge in [-0.1, -0.05) is 48.5 Å². The molecule has 1 aliphatic carbocycles. The first-order valence-corrected chi connectivity index (χ1v) is 13.0. The number of carbonyl (C=O) groups is 1. The Morgan fingerprint density at radius 2 is 1.64 bits per heavy atom. The number of rotatable bonds is 5. The topological polar surface area (TPSA) is 37.7 Å². The lowest BCUT2D eigenvalue weighted by Crippen LogP contribution is -2.50. The highest BCUT2D eigenvalue weighted by atomic mass is 16.5. The molecule has 5 heteroatoms. The van der Waals surface area contributed by atoms with E-state index in [0.717, 1.165) is 57.7 Å². The van der Waals surface area contributed by atoms with Crippen LogP contribution >= 0.6 is 0 Å². The highest BCUT2D eigenvalue weighted by Crippen LogP contribution is 2.42. The monoisotopic (exact) mass is 479 g/mol. The molecule has 2 aliphatic rings. The molecule has 3 aromatic carbocycles. The number of ether oxygens (including phenoxy) is 1. The van der Waals surface area contributed by atoms with E-state index in [2.05, 4.69) is 81.1 Å². The number of piperazine rings is 1. The third-order valence-corrected chi connectivity index (χ3v) is 7.87. The van der Waals surface area contributed by atoms with Crippen LogP contribution in [0.25, 0.3) is 10.9 Å². The maximum atomic E-state index is 14.0. The second-order valence-corrected chi connectivity index (χ2v) is 9.91. The molecule has 0 radical (unpaired) electrons. The summed E-state index contributed by atoms with van der Waals surface area (Å²) in [7, 11) is 1.71. The van der Waals surface area contributed by atoms with Crippen molar-refractivity contribution in [2.45, 2.75) is 31.7 Å². The van der Waals surface area contributed by atoms with Gasteiger partial charge in [0.2, 0.25) is 5.91 Å². The molecule has 1 aliphatic heterocycles. The van der Waals surface area contributed by atoms with E-state index < -0.39 is 0 Å². The fraction of sp³-hybridized carbons (Fsp3) is 0.323. The minimum Gasteiger partial charge on any atom is -0.497 e. The van der Waals surface area contributed by atoms with Crippen LogP contribution in [-0.4, -0.2) is 48.7 Å². The Hall–Kier alpha value is -3.73. The van der Waals surface area contributed by atoms with Gasteiger partial charge in [-0.15, -0.1) is 0 Å². The first-order chi connectivity index (χ1) is 17.7. The van der Waals surface area contributed by atoms with Crippen molar-refractivity contribution in [2.75, 3.05) is 38.2 Å². The van der Waals surface area contributed by atoms with Crippen molar-refractivity contribution in [3.8, 4) is 5.75 Å². The van der Waals surface area contributed by atoms with Crippen LogP contribution in [0.2, 0.25) is 0 Å². The zero-order valence-corrected chi connectivity index (χ0v) is 20.9. The molecule has 1 saturated heterocycles. The van der Waals surface area contributed by atoms with Crippen LogP contribution in [0.1, 0.15) is 35.6 Å². The number of methoxy groups -OCH3 is 1. The molecule has 5 nitrogen and oxygen atoms in total. The molecule has 0 saturated carbocycles. The fourth-order valence-corrected chi connectivity index (χ4v) is 6.05. The van der Waals surface area contributed by atoms with Crippen LogP contribution in [0.3, 0.4) is 0 Å². The number of carbonyl (C=O) groups excluding carboxylic acids is 1. The summed E-state index contributed by atoms with van der Waals surface area (Å²) in [5.41, 5.74) is 6.24. The van der Waals surface area contributed by atoms with Gasteiger partial charge in [0, 0.05) is 55.0 Å². The summed E-state index contributed by atoms with van der Waals surface area (Å²) < 4.78 is 8.03. The molecule has 0 spiro atoms. The van der Waals surface area contributed by atoms with Crippen LogP contribution in [0, 0.1) is 0 Å². The average Bonchev–Trinajstić information content (AvgIpc) is 3.26. The third-order valence-electron chi connectivity index (χ3n) is 7.87. The minimum absolute atomic E-state index is 0.0938. The quantitative estimate of drug-likeness (QED) is 0.381. The number of aromatic nitrogens is 1. The molecule has 2 heterocycles. The first kappa shape index (κ1) is 22.7. The molecule has 6 rings (SSSR count). The predicted molar refractivity (Wildman–Crippen MR) is 145 cm³/mol. The van der Waals surface area contributed by atoms with Crippen LogP contribution in [-0.2, 0) is 17.8 Å². The van der Waals surface area contributed by atoms with Crippen LogP contribution in [0.5, 0.6) is 5.75 Å². The molecule has 4 aromatic rings. The van der Waals surface area contributed by atoms with E-state index in [1.54, 1.807) is 7.11 Å². The Balaban J connectivity index is 1.32. The summed E-state index contributed by atoms with van der Waals surface area (Å²) in [4.78, 5) is 18.5. The number of benzene rings is 3. The van der Waals surface area contributed by atoms with Crippen molar-refractivity contribution in [1.82, 2.24) is 9.47 Å². The minimum atomic E-state index is -0.0938. The van der Waals surface area contributed by atoms with Crippen molar-refractivity contribution in [1.29, 1.82) is 0 Å². The van der Waals surface area contributed by atoms with Crippen molar-refractivity contribution in [3.63, 3.8) is 0 Å². The molecule has 1 unspecified atom stereocenters. The van der Waals surface area contributed by atoms with Gasteiger partial charge < -0.3 is 19.1 Å². The summed E-state index contributed by atoms with van der Waals surface area (Å²) in [6, 6.07) is 27.5. The number of hydrogen-bond acceptors (Lipinski definition) is 3. The summed E-state index contributed by atoms with van der Waals surface area (Å²) in [6.07, 6.45) is 2.95. The summed E-state index contributed by atoms with van der Waals surface area (Å²) >= 11 is 0. The van der Waals surface area contributed by atoms with E-state index in [9.17, 15) is 4.79 Å². The molecule has 1 fully saturated rings. The van der Waals surface area contributed by atoms with Crippen molar-refractivity contribution in [3.05, 3.63) is 95.7 Å². The zero-order chi connectivity index (χ0) is 24.5. The average molecular weight is 480 g/mol. The van der Waals surface area contributed by atoms with Crippen molar-refractivity contribution < 1.29 is 9.53 Å². The maximum absolute atomic E-state index is 14.0. The van der Waals surface area contributed by atoms with Gasteiger partial charge in [-0.25, -0.2) is 0 Å². The lowest BCUT2D eigenvalue weighted by atomic mass is 9.84.